The fraction of sp³-hybridized carbons (Fsp3) is 0.250. The lowest BCUT2D eigenvalue weighted by Gasteiger charge is -2.16. The van der Waals surface area contributed by atoms with Gasteiger partial charge in [0.15, 0.2) is 17.6 Å². The van der Waals surface area contributed by atoms with Crippen molar-refractivity contribution < 1.29 is 28.6 Å². The average Bonchev–Trinajstić information content (AvgIpc) is 2.69. The van der Waals surface area contributed by atoms with E-state index in [2.05, 4.69) is 10.6 Å². The third-order valence-electron chi connectivity index (χ3n) is 3.95. The van der Waals surface area contributed by atoms with Crippen LogP contribution in [0.1, 0.15) is 45.7 Å². The second kappa shape index (κ2) is 9.50. The Bertz CT molecular complexity index is 885. The standard InChI is InChI=1S/C20H21FN2O5/c1-3-9-22-18(24)13-5-4-6-14(10-13)19(25)23-17(20(26)27)12-7-8-16(28-2)15(21)11-12/h4-8,10-11,17H,3,9H2,1-2H3,(H,22,24)(H,23,25)(H,26,27). The Labute approximate surface area is 161 Å². The minimum atomic E-state index is -1.47. The van der Waals surface area contributed by atoms with Crippen LogP contribution in [-0.4, -0.2) is 36.5 Å². The summed E-state index contributed by atoms with van der Waals surface area (Å²) in [4.78, 5) is 36.1. The molecule has 0 saturated carbocycles. The van der Waals surface area contributed by atoms with Gasteiger partial charge in [0, 0.05) is 17.7 Å². The van der Waals surface area contributed by atoms with E-state index in [9.17, 15) is 23.9 Å². The molecule has 3 N–H and O–H groups in total. The zero-order valence-electron chi connectivity index (χ0n) is 15.5. The largest absolute Gasteiger partial charge is 0.494 e. The molecular weight excluding hydrogens is 367 g/mol. The van der Waals surface area contributed by atoms with Crippen LogP contribution < -0.4 is 15.4 Å². The number of amides is 2. The predicted molar refractivity (Wildman–Crippen MR) is 99.9 cm³/mol. The van der Waals surface area contributed by atoms with Crippen molar-refractivity contribution in [2.24, 2.45) is 0 Å². The van der Waals surface area contributed by atoms with Gasteiger partial charge in [0.05, 0.1) is 7.11 Å². The minimum absolute atomic E-state index is 0.0370. The maximum atomic E-state index is 13.9. The molecule has 0 spiro atoms. The normalized spacial score (nSPS) is 11.4. The van der Waals surface area contributed by atoms with Crippen molar-refractivity contribution >= 4 is 17.8 Å². The summed E-state index contributed by atoms with van der Waals surface area (Å²) in [6.07, 6.45) is 0.768. The van der Waals surface area contributed by atoms with Gasteiger partial charge in [0.1, 0.15) is 0 Å². The van der Waals surface area contributed by atoms with Crippen molar-refractivity contribution in [3.8, 4) is 5.75 Å². The molecule has 0 fully saturated rings. The Hall–Kier alpha value is -3.42. The van der Waals surface area contributed by atoms with Crippen LogP contribution >= 0.6 is 0 Å². The molecule has 2 rings (SSSR count). The number of rotatable bonds is 8. The SMILES string of the molecule is CCCNC(=O)c1cccc(C(=O)NC(C(=O)O)c2ccc(OC)c(F)c2)c1. The summed E-state index contributed by atoms with van der Waals surface area (Å²) >= 11 is 0. The molecule has 28 heavy (non-hydrogen) atoms. The van der Waals surface area contributed by atoms with E-state index in [0.717, 1.165) is 12.5 Å². The number of carbonyl (C=O) groups is 3. The summed E-state index contributed by atoms with van der Waals surface area (Å²) in [5.41, 5.74) is 0.448. The molecule has 2 aromatic carbocycles. The van der Waals surface area contributed by atoms with E-state index in [-0.39, 0.29) is 28.3 Å². The van der Waals surface area contributed by atoms with Crippen LogP contribution in [-0.2, 0) is 4.79 Å². The number of hydrogen-bond donors (Lipinski definition) is 3. The van der Waals surface area contributed by atoms with Crippen LogP contribution in [0.25, 0.3) is 0 Å². The molecule has 0 bridgehead atoms. The molecule has 148 valence electrons. The van der Waals surface area contributed by atoms with Crippen LogP contribution in [0.5, 0.6) is 5.75 Å². The summed E-state index contributed by atoms with van der Waals surface area (Å²) in [5, 5.41) is 14.5. The molecule has 1 atom stereocenters. The third-order valence-corrected chi connectivity index (χ3v) is 3.95. The summed E-state index contributed by atoms with van der Waals surface area (Å²) in [6.45, 7) is 2.41. The molecule has 0 aliphatic rings. The average molecular weight is 388 g/mol. The van der Waals surface area contributed by atoms with E-state index >= 15 is 0 Å². The van der Waals surface area contributed by atoms with Crippen molar-refractivity contribution in [2.75, 3.05) is 13.7 Å². The van der Waals surface area contributed by atoms with E-state index in [0.29, 0.717) is 6.54 Å². The monoisotopic (exact) mass is 388 g/mol. The first-order valence-electron chi connectivity index (χ1n) is 8.62. The topological polar surface area (TPSA) is 105 Å². The highest BCUT2D eigenvalue weighted by Crippen LogP contribution is 2.22. The van der Waals surface area contributed by atoms with E-state index in [1.54, 1.807) is 6.07 Å². The highest BCUT2D eigenvalue weighted by atomic mass is 19.1. The number of carboxylic acids is 1. The summed E-state index contributed by atoms with van der Waals surface area (Å²) in [6, 6.07) is 8.07. The molecule has 1 unspecified atom stereocenters. The van der Waals surface area contributed by atoms with Gasteiger partial charge in [0.25, 0.3) is 11.8 Å². The van der Waals surface area contributed by atoms with Gasteiger partial charge in [-0.1, -0.05) is 19.1 Å². The first-order chi connectivity index (χ1) is 13.4. The second-order valence-electron chi connectivity index (χ2n) is 5.98. The Morgan fingerprint density at radius 2 is 1.79 bits per heavy atom. The number of aliphatic carboxylic acids is 1. The fourth-order valence-corrected chi connectivity index (χ4v) is 2.51. The molecule has 7 nitrogen and oxygen atoms in total. The number of carbonyl (C=O) groups excluding carboxylic acids is 2. The highest BCUT2D eigenvalue weighted by Gasteiger charge is 2.24. The molecular formula is C20H21FN2O5. The predicted octanol–water partition coefficient (Wildman–Crippen LogP) is 2.53. The Balaban J connectivity index is 2.22. The van der Waals surface area contributed by atoms with Crippen LogP contribution in [0, 0.1) is 5.82 Å². The van der Waals surface area contributed by atoms with Gasteiger partial charge in [-0.25, -0.2) is 9.18 Å². The van der Waals surface area contributed by atoms with Crippen LogP contribution in [0.4, 0.5) is 4.39 Å². The van der Waals surface area contributed by atoms with E-state index < -0.39 is 23.7 Å². The van der Waals surface area contributed by atoms with Gasteiger partial charge < -0.3 is 20.5 Å². The van der Waals surface area contributed by atoms with Crippen LogP contribution in [0.2, 0.25) is 0 Å². The zero-order chi connectivity index (χ0) is 20.7. The lowest BCUT2D eigenvalue weighted by molar-refractivity contribution is -0.139. The number of halogens is 1. The number of nitrogens with one attached hydrogen (secondary N) is 2. The van der Waals surface area contributed by atoms with Gasteiger partial charge in [-0.05, 0) is 42.3 Å². The summed E-state index contributed by atoms with van der Waals surface area (Å²) in [5.74, 6) is -3.16. The maximum absolute atomic E-state index is 13.9. The van der Waals surface area contributed by atoms with Crippen molar-refractivity contribution in [1.29, 1.82) is 0 Å². The first kappa shape index (κ1) is 20.9. The van der Waals surface area contributed by atoms with Gasteiger partial charge in [-0.3, -0.25) is 9.59 Å². The summed E-state index contributed by atoms with van der Waals surface area (Å²) < 4.78 is 18.7. The molecule has 0 aliphatic carbocycles. The smallest absolute Gasteiger partial charge is 0.330 e. The molecule has 0 aromatic heterocycles. The van der Waals surface area contributed by atoms with E-state index in [4.69, 9.17) is 4.74 Å². The van der Waals surface area contributed by atoms with Crippen molar-refractivity contribution in [2.45, 2.75) is 19.4 Å². The molecule has 0 heterocycles. The van der Waals surface area contributed by atoms with Crippen molar-refractivity contribution in [3.63, 3.8) is 0 Å². The van der Waals surface area contributed by atoms with Gasteiger partial charge in [-0.15, -0.1) is 0 Å². The molecule has 2 aromatic rings. The summed E-state index contributed by atoms with van der Waals surface area (Å²) in [7, 11) is 1.29. The molecule has 2 amide bonds. The van der Waals surface area contributed by atoms with E-state index in [1.807, 2.05) is 6.92 Å². The van der Waals surface area contributed by atoms with Gasteiger partial charge in [0.2, 0.25) is 0 Å². The molecule has 0 radical (unpaired) electrons. The third kappa shape index (κ3) is 5.06. The van der Waals surface area contributed by atoms with Crippen LogP contribution in [0.3, 0.4) is 0 Å². The zero-order valence-corrected chi connectivity index (χ0v) is 15.5. The quantitative estimate of drug-likeness (QED) is 0.645. The number of ether oxygens (including phenoxy) is 1. The minimum Gasteiger partial charge on any atom is -0.494 e. The second-order valence-corrected chi connectivity index (χ2v) is 5.98. The van der Waals surface area contributed by atoms with Crippen molar-refractivity contribution in [1.82, 2.24) is 10.6 Å². The Morgan fingerprint density at radius 3 is 2.36 bits per heavy atom. The van der Waals surface area contributed by atoms with Gasteiger partial charge >= 0.3 is 5.97 Å². The number of carboxylic acid groups (broad SMARTS) is 1. The first-order valence-corrected chi connectivity index (χ1v) is 8.62. The highest BCUT2D eigenvalue weighted by molar-refractivity contribution is 6.00. The van der Waals surface area contributed by atoms with Crippen LogP contribution in [0.15, 0.2) is 42.5 Å². The maximum Gasteiger partial charge on any atom is 0.330 e. The van der Waals surface area contributed by atoms with Gasteiger partial charge in [-0.2, -0.15) is 0 Å². The Morgan fingerprint density at radius 1 is 1.11 bits per heavy atom. The Kier molecular flexibility index (Phi) is 7.08. The molecule has 8 heteroatoms. The fourth-order valence-electron chi connectivity index (χ4n) is 2.51. The lowest BCUT2D eigenvalue weighted by atomic mass is 10.0. The van der Waals surface area contributed by atoms with E-state index in [1.165, 1.54) is 37.4 Å². The number of hydrogen-bond acceptors (Lipinski definition) is 4. The number of benzene rings is 2. The molecule has 0 saturated heterocycles. The number of methoxy groups -OCH3 is 1. The van der Waals surface area contributed by atoms with Crippen molar-refractivity contribution in [3.05, 3.63) is 65.0 Å². The lowest BCUT2D eigenvalue weighted by Crippen LogP contribution is -2.34. The molecule has 0 aliphatic heterocycles.